The van der Waals surface area contributed by atoms with E-state index in [1.807, 2.05) is 0 Å². The maximum absolute atomic E-state index is 12.6. The number of benzene rings is 2. The van der Waals surface area contributed by atoms with Gasteiger partial charge >= 0.3 is 11.7 Å². The highest BCUT2D eigenvalue weighted by atomic mass is 35.5. The smallest absolute Gasteiger partial charge is 0.350 e. The van der Waals surface area contributed by atoms with Crippen LogP contribution in [-0.4, -0.2) is 31.0 Å². The number of hydrogen-bond donors (Lipinski definition) is 1. The maximum atomic E-state index is 12.6. The lowest BCUT2D eigenvalue weighted by Crippen LogP contribution is -2.14. The second-order valence-electron chi connectivity index (χ2n) is 5.95. The summed E-state index contributed by atoms with van der Waals surface area (Å²) in [5.41, 5.74) is 0.221. The minimum atomic E-state index is -0.616. The molecule has 0 atom stereocenters. The third-order valence-corrected chi connectivity index (χ3v) is 5.18. The van der Waals surface area contributed by atoms with Crippen molar-refractivity contribution in [2.75, 3.05) is 19.5 Å². The third-order valence-electron chi connectivity index (χ3n) is 4.05. The Hall–Kier alpha value is -3.63. The number of nitrogens with zero attached hydrogens (tertiary/aromatic N) is 1. The molecule has 160 valence electrons. The molecule has 0 spiro atoms. The maximum Gasteiger partial charge on any atom is 0.350 e. The van der Waals surface area contributed by atoms with E-state index in [1.54, 1.807) is 11.4 Å². The molecule has 1 heterocycles. The Morgan fingerprint density at radius 3 is 2.48 bits per heavy atom. The molecule has 3 rings (SSSR count). The number of halogens is 1. The molecule has 0 aliphatic heterocycles. The molecule has 0 radical (unpaired) electrons. The molecule has 1 N–H and O–H groups in total. The minimum absolute atomic E-state index is 0.0362. The summed E-state index contributed by atoms with van der Waals surface area (Å²) < 4.78 is 15.6. The molecular formula is C20H15ClN2O7S. The Labute approximate surface area is 185 Å². The molecule has 0 saturated heterocycles. The zero-order valence-electron chi connectivity index (χ0n) is 16.2. The van der Waals surface area contributed by atoms with Crippen LogP contribution in [0.5, 0.6) is 17.2 Å². The lowest BCUT2D eigenvalue weighted by molar-refractivity contribution is -0.385. The van der Waals surface area contributed by atoms with E-state index in [1.165, 1.54) is 50.6 Å². The van der Waals surface area contributed by atoms with Crippen molar-refractivity contribution in [3.63, 3.8) is 0 Å². The van der Waals surface area contributed by atoms with E-state index in [0.717, 1.165) is 11.3 Å². The fraction of sp³-hybridized carbons (Fsp3) is 0.100. The molecule has 2 aromatic carbocycles. The summed E-state index contributed by atoms with van der Waals surface area (Å²) >= 11 is 6.96. The zero-order chi connectivity index (χ0) is 22.5. The molecule has 0 saturated carbocycles. The SMILES string of the molecule is COC(=O)c1sccc1NC(=O)c1ccc(Oc2ccc(Cl)cc2[N+](=O)[O-])c(OC)c1. The van der Waals surface area contributed by atoms with Gasteiger partial charge in [0.15, 0.2) is 11.5 Å². The van der Waals surface area contributed by atoms with Crippen molar-refractivity contribution in [1.29, 1.82) is 0 Å². The van der Waals surface area contributed by atoms with E-state index in [0.29, 0.717) is 5.69 Å². The van der Waals surface area contributed by atoms with Gasteiger partial charge in [-0.05, 0) is 41.8 Å². The number of esters is 1. The predicted octanol–water partition coefficient (Wildman–Crippen LogP) is 5.15. The van der Waals surface area contributed by atoms with Crippen molar-refractivity contribution >= 4 is 46.2 Å². The van der Waals surface area contributed by atoms with Crippen LogP contribution in [0.4, 0.5) is 11.4 Å². The van der Waals surface area contributed by atoms with Crippen LogP contribution in [0.15, 0.2) is 47.8 Å². The molecule has 11 heteroatoms. The fourth-order valence-electron chi connectivity index (χ4n) is 2.58. The quantitative estimate of drug-likeness (QED) is 0.293. The van der Waals surface area contributed by atoms with Crippen molar-refractivity contribution in [1.82, 2.24) is 0 Å². The van der Waals surface area contributed by atoms with Gasteiger partial charge in [0.25, 0.3) is 5.91 Å². The number of methoxy groups -OCH3 is 2. The van der Waals surface area contributed by atoms with E-state index < -0.39 is 16.8 Å². The highest BCUT2D eigenvalue weighted by Crippen LogP contribution is 2.38. The number of nitro groups is 1. The number of carbonyl (C=O) groups excluding carboxylic acids is 2. The summed E-state index contributed by atoms with van der Waals surface area (Å²) in [5.74, 6) is -0.751. The van der Waals surface area contributed by atoms with Crippen molar-refractivity contribution in [2.45, 2.75) is 0 Å². The molecule has 0 fully saturated rings. The van der Waals surface area contributed by atoms with Crippen molar-refractivity contribution in [3.8, 4) is 17.2 Å². The molecule has 0 unspecified atom stereocenters. The van der Waals surface area contributed by atoms with E-state index in [4.69, 9.17) is 25.8 Å². The lowest BCUT2D eigenvalue weighted by Gasteiger charge is -2.12. The summed E-state index contributed by atoms with van der Waals surface area (Å²) in [6.07, 6.45) is 0. The van der Waals surface area contributed by atoms with Gasteiger partial charge in [-0.1, -0.05) is 11.6 Å². The van der Waals surface area contributed by atoms with Crippen LogP contribution < -0.4 is 14.8 Å². The van der Waals surface area contributed by atoms with Crippen LogP contribution in [0, 0.1) is 10.1 Å². The Kier molecular flexibility index (Phi) is 6.73. The molecule has 1 aromatic heterocycles. The van der Waals surface area contributed by atoms with Crippen LogP contribution in [-0.2, 0) is 4.74 Å². The van der Waals surface area contributed by atoms with Crippen molar-refractivity contribution in [3.05, 3.63) is 73.4 Å². The number of ether oxygens (including phenoxy) is 3. The van der Waals surface area contributed by atoms with Gasteiger partial charge in [0.05, 0.1) is 24.8 Å². The molecule has 9 nitrogen and oxygen atoms in total. The highest BCUT2D eigenvalue weighted by Gasteiger charge is 2.20. The van der Waals surface area contributed by atoms with E-state index in [2.05, 4.69) is 5.32 Å². The molecule has 0 aliphatic carbocycles. The van der Waals surface area contributed by atoms with Crippen LogP contribution in [0.1, 0.15) is 20.0 Å². The van der Waals surface area contributed by atoms with Crippen molar-refractivity contribution < 1.29 is 28.7 Å². The molecule has 3 aromatic rings. The monoisotopic (exact) mass is 462 g/mol. The topological polar surface area (TPSA) is 117 Å². The fourth-order valence-corrected chi connectivity index (χ4v) is 3.52. The summed E-state index contributed by atoms with van der Waals surface area (Å²) in [6.45, 7) is 0. The first-order valence-corrected chi connectivity index (χ1v) is 9.86. The summed E-state index contributed by atoms with van der Waals surface area (Å²) in [5, 5.41) is 15.7. The standard InChI is InChI=1S/C20H15ClN2O7S/c1-28-17-9-11(19(24)22-13-7-8-31-18(13)20(25)29-2)3-5-16(17)30-15-6-4-12(21)10-14(15)23(26)27/h3-10H,1-2H3,(H,22,24). The van der Waals surface area contributed by atoms with Gasteiger partial charge < -0.3 is 19.5 Å². The predicted molar refractivity (Wildman–Crippen MR) is 115 cm³/mol. The van der Waals surface area contributed by atoms with Gasteiger partial charge in [-0.3, -0.25) is 14.9 Å². The first-order valence-electron chi connectivity index (χ1n) is 8.61. The average molecular weight is 463 g/mol. The molecule has 1 amide bonds. The minimum Gasteiger partial charge on any atom is -0.493 e. The molecule has 0 bridgehead atoms. The Morgan fingerprint density at radius 2 is 1.81 bits per heavy atom. The highest BCUT2D eigenvalue weighted by molar-refractivity contribution is 7.12. The van der Waals surface area contributed by atoms with E-state index in [-0.39, 0.29) is 38.4 Å². The first-order chi connectivity index (χ1) is 14.8. The number of carbonyl (C=O) groups is 2. The second kappa shape index (κ2) is 9.45. The van der Waals surface area contributed by atoms with Gasteiger partial charge in [0.1, 0.15) is 4.88 Å². The number of hydrogen-bond acceptors (Lipinski definition) is 8. The number of thiophene rings is 1. The Bertz CT molecular complexity index is 1160. The van der Waals surface area contributed by atoms with Gasteiger partial charge in [0.2, 0.25) is 5.75 Å². The number of amides is 1. The number of rotatable bonds is 7. The largest absolute Gasteiger partial charge is 0.493 e. The molecule has 0 aliphatic rings. The lowest BCUT2D eigenvalue weighted by atomic mass is 10.1. The van der Waals surface area contributed by atoms with E-state index in [9.17, 15) is 19.7 Å². The summed E-state index contributed by atoms with van der Waals surface area (Å²) in [6, 6.07) is 9.90. The molecular weight excluding hydrogens is 448 g/mol. The summed E-state index contributed by atoms with van der Waals surface area (Å²) in [7, 11) is 2.62. The normalized spacial score (nSPS) is 10.3. The molecule has 31 heavy (non-hydrogen) atoms. The first kappa shape index (κ1) is 22.1. The second-order valence-corrected chi connectivity index (χ2v) is 7.30. The van der Waals surface area contributed by atoms with Crippen molar-refractivity contribution in [2.24, 2.45) is 0 Å². The van der Waals surface area contributed by atoms with Gasteiger partial charge in [0, 0.05) is 16.7 Å². The van der Waals surface area contributed by atoms with Crippen LogP contribution in [0.25, 0.3) is 0 Å². The average Bonchev–Trinajstić information content (AvgIpc) is 3.22. The van der Waals surface area contributed by atoms with Gasteiger partial charge in [-0.25, -0.2) is 4.79 Å². The Balaban J connectivity index is 1.85. The van der Waals surface area contributed by atoms with Gasteiger partial charge in [-0.2, -0.15) is 0 Å². The van der Waals surface area contributed by atoms with Crippen LogP contribution in [0.2, 0.25) is 5.02 Å². The third kappa shape index (κ3) is 4.93. The summed E-state index contributed by atoms with van der Waals surface area (Å²) in [4.78, 5) is 35.3. The Morgan fingerprint density at radius 1 is 1.06 bits per heavy atom. The van der Waals surface area contributed by atoms with Crippen LogP contribution >= 0.6 is 22.9 Å². The number of nitro benzene ring substituents is 1. The van der Waals surface area contributed by atoms with Gasteiger partial charge in [-0.15, -0.1) is 11.3 Å². The van der Waals surface area contributed by atoms with E-state index >= 15 is 0 Å². The number of nitrogens with one attached hydrogen (secondary N) is 1. The number of anilines is 1. The van der Waals surface area contributed by atoms with Crippen LogP contribution in [0.3, 0.4) is 0 Å². The zero-order valence-corrected chi connectivity index (χ0v) is 17.8.